The Bertz CT molecular complexity index is 886. The fraction of sp³-hybridized carbons (Fsp3) is 0.350. The molecule has 0 aliphatic carbocycles. The SMILES string of the molecule is COc1ccc(S(=O)(=O)NC(C)C(=O)NCCCCOc2ccc(F)cc2)cc1. The zero-order valence-electron chi connectivity index (χ0n) is 16.4. The normalized spacial score (nSPS) is 12.2. The average molecular weight is 424 g/mol. The standard InChI is InChI=1S/C20H25FN2O5S/c1-15(23-29(25,26)19-11-9-17(27-2)10-12-19)20(24)22-13-3-4-14-28-18-7-5-16(21)6-8-18/h5-12,15,23H,3-4,13-14H2,1-2H3,(H,22,24). The van der Waals surface area contributed by atoms with Gasteiger partial charge in [0.2, 0.25) is 15.9 Å². The van der Waals surface area contributed by atoms with Crippen molar-refractivity contribution in [2.24, 2.45) is 0 Å². The first-order valence-corrected chi connectivity index (χ1v) is 10.6. The number of hydrogen-bond acceptors (Lipinski definition) is 5. The Morgan fingerprint density at radius 2 is 1.66 bits per heavy atom. The molecule has 29 heavy (non-hydrogen) atoms. The lowest BCUT2D eigenvalue weighted by atomic mass is 10.3. The Kier molecular flexibility index (Phi) is 8.41. The van der Waals surface area contributed by atoms with E-state index in [0.29, 0.717) is 37.5 Å². The highest BCUT2D eigenvalue weighted by atomic mass is 32.2. The first-order valence-electron chi connectivity index (χ1n) is 9.14. The summed E-state index contributed by atoms with van der Waals surface area (Å²) in [7, 11) is -2.33. The molecule has 1 atom stereocenters. The molecule has 0 radical (unpaired) electrons. The van der Waals surface area contributed by atoms with Crippen LogP contribution in [0.1, 0.15) is 19.8 Å². The van der Waals surface area contributed by atoms with Crippen LogP contribution in [0.2, 0.25) is 0 Å². The van der Waals surface area contributed by atoms with Crippen molar-refractivity contribution in [3.8, 4) is 11.5 Å². The van der Waals surface area contributed by atoms with Gasteiger partial charge in [0.25, 0.3) is 0 Å². The summed E-state index contributed by atoms with van der Waals surface area (Å²) < 4.78 is 50.3. The van der Waals surface area contributed by atoms with Crippen LogP contribution in [0.4, 0.5) is 4.39 Å². The zero-order chi connectivity index (χ0) is 21.3. The second-order valence-corrected chi connectivity index (χ2v) is 8.03. The lowest BCUT2D eigenvalue weighted by Crippen LogP contribution is -2.44. The predicted octanol–water partition coefficient (Wildman–Crippen LogP) is 2.48. The summed E-state index contributed by atoms with van der Waals surface area (Å²) in [5.74, 6) is 0.383. The minimum atomic E-state index is -3.82. The van der Waals surface area contributed by atoms with Crippen LogP contribution in [0.3, 0.4) is 0 Å². The Morgan fingerprint density at radius 3 is 2.28 bits per heavy atom. The van der Waals surface area contributed by atoms with Crippen LogP contribution in [-0.2, 0) is 14.8 Å². The van der Waals surface area contributed by atoms with Gasteiger partial charge in [-0.2, -0.15) is 4.72 Å². The lowest BCUT2D eigenvalue weighted by Gasteiger charge is -2.15. The number of benzene rings is 2. The second-order valence-electron chi connectivity index (χ2n) is 6.32. The van der Waals surface area contributed by atoms with E-state index in [0.717, 1.165) is 0 Å². The number of ether oxygens (including phenoxy) is 2. The molecule has 1 amide bonds. The Morgan fingerprint density at radius 1 is 1.03 bits per heavy atom. The fourth-order valence-corrected chi connectivity index (χ4v) is 3.62. The maximum Gasteiger partial charge on any atom is 0.241 e. The van der Waals surface area contributed by atoms with Gasteiger partial charge in [0, 0.05) is 6.54 Å². The van der Waals surface area contributed by atoms with Crippen molar-refractivity contribution in [2.45, 2.75) is 30.7 Å². The van der Waals surface area contributed by atoms with Gasteiger partial charge in [-0.25, -0.2) is 12.8 Å². The number of carbonyl (C=O) groups is 1. The van der Waals surface area contributed by atoms with Crippen LogP contribution in [0, 0.1) is 5.82 Å². The van der Waals surface area contributed by atoms with Crippen LogP contribution in [0.5, 0.6) is 11.5 Å². The number of nitrogens with one attached hydrogen (secondary N) is 2. The van der Waals surface area contributed by atoms with Gasteiger partial charge in [-0.05, 0) is 68.3 Å². The molecule has 0 fully saturated rings. The van der Waals surface area contributed by atoms with E-state index in [1.165, 1.54) is 50.4 Å². The molecule has 1 unspecified atom stereocenters. The number of hydrogen-bond donors (Lipinski definition) is 2. The van der Waals surface area contributed by atoms with Crippen molar-refractivity contribution in [2.75, 3.05) is 20.3 Å². The van der Waals surface area contributed by atoms with Crippen molar-refractivity contribution in [3.05, 3.63) is 54.3 Å². The Balaban J connectivity index is 1.69. The van der Waals surface area contributed by atoms with Gasteiger partial charge < -0.3 is 14.8 Å². The topological polar surface area (TPSA) is 93.7 Å². The van der Waals surface area contributed by atoms with Gasteiger partial charge in [0.1, 0.15) is 17.3 Å². The Hall–Kier alpha value is -2.65. The molecule has 2 N–H and O–H groups in total. The van der Waals surface area contributed by atoms with Crippen molar-refractivity contribution in [1.82, 2.24) is 10.0 Å². The molecule has 158 valence electrons. The van der Waals surface area contributed by atoms with Gasteiger partial charge >= 0.3 is 0 Å². The van der Waals surface area contributed by atoms with Crippen molar-refractivity contribution in [1.29, 1.82) is 0 Å². The van der Waals surface area contributed by atoms with Crippen LogP contribution in [0.25, 0.3) is 0 Å². The van der Waals surface area contributed by atoms with Gasteiger partial charge in [0.05, 0.1) is 24.7 Å². The molecule has 2 aromatic rings. The van der Waals surface area contributed by atoms with E-state index in [-0.39, 0.29) is 10.7 Å². The molecule has 2 rings (SSSR count). The number of carbonyl (C=O) groups excluding carboxylic acids is 1. The maximum absolute atomic E-state index is 12.8. The van der Waals surface area contributed by atoms with Crippen LogP contribution < -0.4 is 19.5 Å². The summed E-state index contributed by atoms with van der Waals surface area (Å²) in [4.78, 5) is 12.2. The highest BCUT2D eigenvalue weighted by molar-refractivity contribution is 7.89. The molecular weight excluding hydrogens is 399 g/mol. The smallest absolute Gasteiger partial charge is 0.241 e. The van der Waals surface area contributed by atoms with Gasteiger partial charge in [-0.1, -0.05) is 0 Å². The number of sulfonamides is 1. The van der Waals surface area contributed by atoms with Crippen LogP contribution in [-0.4, -0.2) is 40.6 Å². The van der Waals surface area contributed by atoms with Crippen molar-refractivity contribution in [3.63, 3.8) is 0 Å². The highest BCUT2D eigenvalue weighted by Gasteiger charge is 2.21. The molecule has 9 heteroatoms. The van der Waals surface area contributed by atoms with E-state index in [9.17, 15) is 17.6 Å². The lowest BCUT2D eigenvalue weighted by molar-refractivity contribution is -0.122. The molecule has 0 aliphatic rings. The molecule has 0 saturated carbocycles. The molecule has 0 aromatic heterocycles. The first-order chi connectivity index (χ1) is 13.8. The van der Waals surface area contributed by atoms with E-state index >= 15 is 0 Å². The summed E-state index contributed by atoms with van der Waals surface area (Å²) in [5.41, 5.74) is 0. The molecule has 7 nitrogen and oxygen atoms in total. The number of unbranched alkanes of at least 4 members (excludes halogenated alkanes) is 1. The van der Waals surface area contributed by atoms with Crippen molar-refractivity contribution >= 4 is 15.9 Å². The molecule has 0 bridgehead atoms. The number of rotatable bonds is 11. The second kappa shape index (κ2) is 10.8. The Labute approximate surface area is 170 Å². The average Bonchev–Trinajstić information content (AvgIpc) is 2.71. The monoisotopic (exact) mass is 424 g/mol. The minimum absolute atomic E-state index is 0.0518. The first kappa shape index (κ1) is 22.6. The van der Waals surface area contributed by atoms with E-state index in [2.05, 4.69) is 10.0 Å². The summed E-state index contributed by atoms with van der Waals surface area (Å²) in [5, 5.41) is 2.69. The highest BCUT2D eigenvalue weighted by Crippen LogP contribution is 2.15. The molecular formula is C20H25FN2O5S. The third kappa shape index (κ3) is 7.35. The van der Waals surface area contributed by atoms with E-state index in [4.69, 9.17) is 9.47 Å². The summed E-state index contributed by atoms with van der Waals surface area (Å²) in [6, 6.07) is 10.7. The number of methoxy groups -OCH3 is 1. The summed E-state index contributed by atoms with van der Waals surface area (Å²) in [6.45, 7) is 2.30. The van der Waals surface area contributed by atoms with Gasteiger partial charge in [-0.15, -0.1) is 0 Å². The van der Waals surface area contributed by atoms with Crippen LogP contribution in [0.15, 0.2) is 53.4 Å². The quantitative estimate of drug-likeness (QED) is 0.541. The van der Waals surface area contributed by atoms with Crippen LogP contribution >= 0.6 is 0 Å². The molecule has 0 spiro atoms. The third-order valence-electron chi connectivity index (χ3n) is 4.05. The maximum atomic E-state index is 12.8. The van der Waals surface area contributed by atoms with E-state index in [1.807, 2.05) is 0 Å². The number of halogens is 1. The zero-order valence-corrected chi connectivity index (χ0v) is 17.2. The molecule has 0 saturated heterocycles. The van der Waals surface area contributed by atoms with E-state index < -0.39 is 22.0 Å². The predicted molar refractivity (Wildman–Crippen MR) is 107 cm³/mol. The third-order valence-corrected chi connectivity index (χ3v) is 5.60. The number of amides is 1. The largest absolute Gasteiger partial charge is 0.497 e. The summed E-state index contributed by atoms with van der Waals surface area (Å²) in [6.07, 6.45) is 1.34. The molecule has 0 aliphatic heterocycles. The van der Waals surface area contributed by atoms with Gasteiger partial charge in [-0.3, -0.25) is 4.79 Å². The minimum Gasteiger partial charge on any atom is -0.497 e. The molecule has 0 heterocycles. The summed E-state index contributed by atoms with van der Waals surface area (Å²) >= 11 is 0. The molecule has 2 aromatic carbocycles. The van der Waals surface area contributed by atoms with E-state index in [1.54, 1.807) is 12.1 Å². The fourth-order valence-electron chi connectivity index (χ4n) is 2.42. The van der Waals surface area contributed by atoms with Crippen molar-refractivity contribution < 1.29 is 27.1 Å². The van der Waals surface area contributed by atoms with Gasteiger partial charge in [0.15, 0.2) is 0 Å².